The number of nitrogens with zero attached hydrogens (tertiary/aromatic N) is 1. The molecule has 0 saturated carbocycles. The fourth-order valence-corrected chi connectivity index (χ4v) is 3.29. The summed E-state index contributed by atoms with van der Waals surface area (Å²) >= 11 is 0. The third-order valence-corrected chi connectivity index (χ3v) is 5.17. The first-order valence-corrected chi connectivity index (χ1v) is 11.4. The maximum atomic E-state index is 12.6. The summed E-state index contributed by atoms with van der Waals surface area (Å²) in [4.78, 5) is 40.5. The lowest BCUT2D eigenvalue weighted by Gasteiger charge is -2.27. The Morgan fingerprint density at radius 1 is 1.00 bits per heavy atom. The average Bonchev–Trinajstić information content (AvgIpc) is 2.79. The molecule has 3 unspecified atom stereocenters. The average molecular weight is 466 g/mol. The number of ether oxygens (including phenoxy) is 3. The number of esters is 1. The molecule has 186 valence electrons. The van der Waals surface area contributed by atoms with Crippen molar-refractivity contribution in [1.82, 2.24) is 15.6 Å². The molecule has 2 N–H and O–H groups in total. The Labute approximate surface area is 197 Å². The number of amides is 2. The Kier molecular flexibility index (Phi) is 12.6. The van der Waals surface area contributed by atoms with Crippen molar-refractivity contribution in [3.63, 3.8) is 0 Å². The van der Waals surface area contributed by atoms with Gasteiger partial charge in [0.1, 0.15) is 0 Å². The van der Waals surface area contributed by atoms with E-state index in [1.54, 1.807) is 38.4 Å². The molecular weight excluding hydrogens is 426 g/mol. The summed E-state index contributed by atoms with van der Waals surface area (Å²) < 4.78 is 16.0. The van der Waals surface area contributed by atoms with E-state index in [1.165, 1.54) is 7.11 Å². The topological polar surface area (TPSA) is 116 Å². The SMILES string of the molecule is CCC(CC(C)(C)C(=O)OC)C(=O)NC(C)COCCOCC(C)NC(=O)c1ccncc1. The van der Waals surface area contributed by atoms with Crippen LogP contribution in [0.3, 0.4) is 0 Å². The number of methoxy groups -OCH3 is 1. The van der Waals surface area contributed by atoms with Gasteiger partial charge in [-0.15, -0.1) is 0 Å². The molecule has 1 heterocycles. The van der Waals surface area contributed by atoms with Crippen LogP contribution in [0.4, 0.5) is 0 Å². The monoisotopic (exact) mass is 465 g/mol. The third kappa shape index (κ3) is 10.8. The van der Waals surface area contributed by atoms with Gasteiger partial charge in [0.25, 0.3) is 5.91 Å². The Bertz CT molecular complexity index is 741. The molecule has 0 radical (unpaired) electrons. The van der Waals surface area contributed by atoms with Gasteiger partial charge in [0.05, 0.1) is 39.0 Å². The second-order valence-corrected chi connectivity index (χ2v) is 8.85. The summed E-state index contributed by atoms with van der Waals surface area (Å²) in [7, 11) is 1.35. The predicted octanol–water partition coefficient (Wildman–Crippen LogP) is 2.35. The molecule has 2 amide bonds. The van der Waals surface area contributed by atoms with Crippen LogP contribution < -0.4 is 10.6 Å². The van der Waals surface area contributed by atoms with Crippen molar-refractivity contribution < 1.29 is 28.6 Å². The van der Waals surface area contributed by atoms with E-state index in [0.717, 1.165) is 0 Å². The van der Waals surface area contributed by atoms with Crippen molar-refractivity contribution in [2.45, 2.75) is 59.5 Å². The zero-order valence-electron chi connectivity index (χ0n) is 20.7. The third-order valence-electron chi connectivity index (χ3n) is 5.17. The first kappa shape index (κ1) is 28.5. The fraction of sp³-hybridized carbons (Fsp3) is 0.667. The van der Waals surface area contributed by atoms with Crippen LogP contribution in [0.2, 0.25) is 0 Å². The van der Waals surface area contributed by atoms with Gasteiger partial charge in [0, 0.05) is 36.0 Å². The summed E-state index contributed by atoms with van der Waals surface area (Å²) in [6.45, 7) is 10.7. The van der Waals surface area contributed by atoms with E-state index in [1.807, 2.05) is 20.8 Å². The fourth-order valence-electron chi connectivity index (χ4n) is 3.29. The normalized spacial score (nSPS) is 14.1. The van der Waals surface area contributed by atoms with E-state index in [0.29, 0.717) is 44.8 Å². The number of carbonyl (C=O) groups excluding carboxylic acids is 3. The Balaban J connectivity index is 2.23. The van der Waals surface area contributed by atoms with Crippen molar-refractivity contribution in [2.24, 2.45) is 11.3 Å². The van der Waals surface area contributed by atoms with Crippen molar-refractivity contribution >= 4 is 17.8 Å². The standard InChI is InChI=1S/C24H39N3O6/c1-7-19(14-24(4,5)23(30)31-6)21(28)26-17(2)15-32-12-13-33-16-18(3)27-22(29)20-8-10-25-11-9-20/h8-11,17-19H,7,12-16H2,1-6H3,(H,26,28)(H,27,29). The molecule has 33 heavy (non-hydrogen) atoms. The van der Waals surface area contributed by atoms with Gasteiger partial charge in [0.15, 0.2) is 0 Å². The lowest BCUT2D eigenvalue weighted by molar-refractivity contribution is -0.152. The predicted molar refractivity (Wildman–Crippen MR) is 125 cm³/mol. The Morgan fingerprint density at radius 3 is 2.06 bits per heavy atom. The first-order chi connectivity index (χ1) is 15.6. The minimum Gasteiger partial charge on any atom is -0.469 e. The molecule has 1 rings (SSSR count). The number of hydrogen-bond donors (Lipinski definition) is 2. The molecule has 9 nitrogen and oxygen atoms in total. The van der Waals surface area contributed by atoms with Crippen LogP contribution in [0.1, 0.15) is 57.8 Å². The van der Waals surface area contributed by atoms with E-state index in [2.05, 4.69) is 15.6 Å². The van der Waals surface area contributed by atoms with E-state index >= 15 is 0 Å². The quantitative estimate of drug-likeness (QED) is 0.302. The molecule has 0 saturated heterocycles. The first-order valence-electron chi connectivity index (χ1n) is 11.4. The highest BCUT2D eigenvalue weighted by atomic mass is 16.5. The minimum absolute atomic E-state index is 0.0967. The number of carbonyl (C=O) groups is 3. The summed E-state index contributed by atoms with van der Waals surface area (Å²) in [5, 5.41) is 5.81. The van der Waals surface area contributed by atoms with Gasteiger partial charge in [-0.05, 0) is 52.7 Å². The maximum Gasteiger partial charge on any atom is 0.311 e. The van der Waals surface area contributed by atoms with Crippen molar-refractivity contribution in [2.75, 3.05) is 33.5 Å². The smallest absolute Gasteiger partial charge is 0.311 e. The van der Waals surface area contributed by atoms with Crippen LogP contribution in [0.25, 0.3) is 0 Å². The minimum atomic E-state index is -0.723. The lowest BCUT2D eigenvalue weighted by Crippen LogP contribution is -2.42. The molecule has 0 aromatic carbocycles. The van der Waals surface area contributed by atoms with Gasteiger partial charge in [-0.2, -0.15) is 0 Å². The van der Waals surface area contributed by atoms with Crippen LogP contribution >= 0.6 is 0 Å². The summed E-state index contributed by atoms with van der Waals surface area (Å²) in [6.07, 6.45) is 4.19. The van der Waals surface area contributed by atoms with Crippen LogP contribution in [-0.2, 0) is 23.8 Å². The van der Waals surface area contributed by atoms with Crippen molar-refractivity contribution in [3.05, 3.63) is 30.1 Å². The molecule has 1 aromatic rings. The van der Waals surface area contributed by atoms with Gasteiger partial charge in [-0.25, -0.2) is 0 Å². The van der Waals surface area contributed by atoms with Crippen LogP contribution in [0.15, 0.2) is 24.5 Å². The maximum absolute atomic E-state index is 12.6. The van der Waals surface area contributed by atoms with Crippen molar-refractivity contribution in [3.8, 4) is 0 Å². The molecule has 1 aromatic heterocycles. The van der Waals surface area contributed by atoms with Gasteiger partial charge in [-0.3, -0.25) is 19.4 Å². The highest BCUT2D eigenvalue weighted by Gasteiger charge is 2.34. The number of rotatable bonds is 15. The van der Waals surface area contributed by atoms with E-state index < -0.39 is 5.41 Å². The molecule has 0 fully saturated rings. The summed E-state index contributed by atoms with van der Waals surface area (Å²) in [5.74, 6) is -0.875. The number of nitrogens with one attached hydrogen (secondary N) is 2. The van der Waals surface area contributed by atoms with E-state index in [9.17, 15) is 14.4 Å². The van der Waals surface area contributed by atoms with Gasteiger partial charge >= 0.3 is 5.97 Å². The number of aromatic nitrogens is 1. The second kappa shape index (κ2) is 14.6. The van der Waals surface area contributed by atoms with Gasteiger partial charge in [0.2, 0.25) is 5.91 Å². The largest absolute Gasteiger partial charge is 0.469 e. The molecular formula is C24H39N3O6. The van der Waals surface area contributed by atoms with Gasteiger partial charge in [-0.1, -0.05) is 6.92 Å². The highest BCUT2D eigenvalue weighted by Crippen LogP contribution is 2.28. The molecule has 0 aliphatic carbocycles. The van der Waals surface area contributed by atoms with Crippen molar-refractivity contribution in [1.29, 1.82) is 0 Å². The summed E-state index contributed by atoms with van der Waals surface area (Å²) in [6, 6.07) is 2.98. The van der Waals surface area contributed by atoms with Gasteiger partial charge < -0.3 is 24.8 Å². The van der Waals surface area contributed by atoms with E-state index in [-0.39, 0.29) is 35.8 Å². The van der Waals surface area contributed by atoms with Crippen LogP contribution in [0, 0.1) is 11.3 Å². The Morgan fingerprint density at radius 2 is 1.55 bits per heavy atom. The summed E-state index contributed by atoms with van der Waals surface area (Å²) in [5.41, 5.74) is -0.172. The zero-order valence-corrected chi connectivity index (χ0v) is 20.7. The van der Waals surface area contributed by atoms with Crippen LogP contribution in [0.5, 0.6) is 0 Å². The van der Waals surface area contributed by atoms with E-state index in [4.69, 9.17) is 14.2 Å². The second-order valence-electron chi connectivity index (χ2n) is 8.85. The Hall–Kier alpha value is -2.52. The molecule has 3 atom stereocenters. The zero-order chi connectivity index (χ0) is 24.9. The number of hydrogen-bond acceptors (Lipinski definition) is 7. The highest BCUT2D eigenvalue weighted by molar-refractivity contribution is 5.94. The molecule has 0 spiro atoms. The van der Waals surface area contributed by atoms with Crippen LogP contribution in [-0.4, -0.2) is 68.4 Å². The molecule has 9 heteroatoms. The lowest BCUT2D eigenvalue weighted by atomic mass is 9.81. The molecule has 0 bridgehead atoms. The molecule has 0 aliphatic heterocycles. The number of pyridine rings is 1. The molecule has 0 aliphatic rings.